The van der Waals surface area contributed by atoms with Gasteiger partial charge in [-0.1, -0.05) is 81.6 Å². The highest BCUT2D eigenvalue weighted by molar-refractivity contribution is 7.76. The summed E-state index contributed by atoms with van der Waals surface area (Å²) in [6, 6.07) is 1.19. The lowest BCUT2D eigenvalue weighted by Crippen LogP contribution is -2.63. The summed E-state index contributed by atoms with van der Waals surface area (Å²) in [5, 5.41) is 10.3. The molecule has 6 fully saturated rings. The van der Waals surface area contributed by atoms with E-state index in [-0.39, 0.29) is 55.5 Å². The normalized spacial score (nSPS) is 26.8. The first kappa shape index (κ1) is 75.0. The maximum absolute atomic E-state index is 13.7. The first-order chi connectivity index (χ1) is 36.8. The van der Waals surface area contributed by atoms with Gasteiger partial charge in [0.25, 0.3) is 16.3 Å². The van der Waals surface area contributed by atoms with Crippen LogP contribution in [0, 0.1) is 16.2 Å². The molecule has 0 radical (unpaired) electrons. The van der Waals surface area contributed by atoms with E-state index in [2.05, 4.69) is 189 Å². The van der Waals surface area contributed by atoms with Crippen LogP contribution in [0.2, 0.25) is 0 Å². The molecule has 80 heavy (non-hydrogen) atoms. The maximum atomic E-state index is 13.7. The van der Waals surface area contributed by atoms with Gasteiger partial charge in [0.1, 0.15) is 0 Å². The predicted molar refractivity (Wildman–Crippen MR) is 334 cm³/mol. The van der Waals surface area contributed by atoms with Gasteiger partial charge >= 0.3 is 7.75 Å². The monoisotopic (exact) mass is 1220 g/mol. The van der Waals surface area contributed by atoms with E-state index in [4.69, 9.17) is 52.9 Å². The Labute approximate surface area is 499 Å². The minimum Gasteiger partial charge on any atom is -0.322 e. The second-order valence-electron chi connectivity index (χ2n) is 29.6. The Bertz CT molecular complexity index is 1760. The standard InChI is InChI=1S/C20H41N2O4P.C20H41N2O3P.C15H32N2O.C5H10ClO2P/c1-9-11-12-21(27(23)25-15-18(3,4)16-26-27)17-13-19(5,6)22(24-10-2)20(7,8)14-17;1-9-11-12-21(26-24-15-18(3,4)16-25-26)17-13-19(5,6)22(23-10-2)20(7,8)14-17;1-7-9-10-16-13-11-14(3,4)17(18-8-2)15(5,6)12-13;1-5(2)3-7-9(6)8-4-5/h17H,9-16H2,1-8H3;17H,9-16H2,1-8H3;13,16H,7-12H2,1-6H3;3-4H2,1-2H3. The predicted octanol–water partition coefficient (Wildman–Crippen LogP) is 16.5. The molecule has 0 aromatic heterocycles. The first-order valence-electron chi connectivity index (χ1n) is 31.1. The molecule has 16 nitrogen and oxygen atoms in total. The summed E-state index contributed by atoms with van der Waals surface area (Å²) in [7, 11) is -5.31. The van der Waals surface area contributed by atoms with Gasteiger partial charge in [0.05, 0.1) is 59.5 Å². The van der Waals surface area contributed by atoms with Crippen molar-refractivity contribution in [3.05, 3.63) is 0 Å². The molecular formula is C60H124ClN6O10P3. The molecule has 0 saturated carbocycles. The highest BCUT2D eigenvalue weighted by atomic mass is 35.7. The summed E-state index contributed by atoms with van der Waals surface area (Å²) >= 11 is 5.56. The second kappa shape index (κ2) is 31.8. The molecule has 0 atom stereocenters. The summed E-state index contributed by atoms with van der Waals surface area (Å²) in [5.41, 5.74) is 0.00112. The molecule has 0 bridgehead atoms. The Morgan fingerprint density at radius 1 is 0.487 bits per heavy atom. The minimum atomic E-state index is -3.28. The molecule has 6 rings (SSSR count). The molecule has 0 aromatic rings. The number of piperidine rings is 3. The summed E-state index contributed by atoms with van der Waals surface area (Å²) in [6.45, 7) is 61.7. The minimum absolute atomic E-state index is 0.0166. The molecule has 6 saturated heterocycles. The molecule has 0 unspecified atom stereocenters. The van der Waals surface area contributed by atoms with Gasteiger partial charge in [-0.2, -0.15) is 15.2 Å². The highest BCUT2D eigenvalue weighted by Crippen LogP contribution is 2.60. The van der Waals surface area contributed by atoms with Crippen molar-refractivity contribution in [3.63, 3.8) is 0 Å². The van der Waals surface area contributed by atoms with Gasteiger partial charge in [0, 0.05) is 80.7 Å². The molecular weight excluding hydrogens is 1090 g/mol. The molecule has 0 aromatic carbocycles. The van der Waals surface area contributed by atoms with E-state index in [1.54, 1.807) is 0 Å². The van der Waals surface area contributed by atoms with Gasteiger partial charge in [-0.25, -0.2) is 13.9 Å². The molecule has 0 spiro atoms. The fourth-order valence-corrected chi connectivity index (χ4v) is 18.3. The van der Waals surface area contributed by atoms with Gasteiger partial charge < -0.3 is 23.4 Å². The smallest absolute Gasteiger partial charge is 0.322 e. The van der Waals surface area contributed by atoms with E-state index in [9.17, 15) is 4.57 Å². The average Bonchev–Trinajstić information content (AvgIpc) is 3.33. The van der Waals surface area contributed by atoms with Gasteiger partial charge in [-0.05, 0) is 179 Å². The molecule has 6 heterocycles. The zero-order valence-electron chi connectivity index (χ0n) is 55.7. The maximum Gasteiger partial charge on any atom is 0.408 e. The van der Waals surface area contributed by atoms with Crippen LogP contribution in [0.1, 0.15) is 243 Å². The van der Waals surface area contributed by atoms with Crippen molar-refractivity contribution in [1.29, 1.82) is 0 Å². The second-order valence-corrected chi connectivity index (χ2v) is 34.9. The molecule has 1 N–H and O–H groups in total. The number of hydroxylamine groups is 6. The average molecular weight is 1220 g/mol. The van der Waals surface area contributed by atoms with Crippen LogP contribution in [0.25, 0.3) is 0 Å². The van der Waals surface area contributed by atoms with Gasteiger partial charge in [-0.15, -0.1) is 0 Å². The van der Waals surface area contributed by atoms with Gasteiger partial charge in [-0.3, -0.25) is 23.6 Å². The number of hydrogen-bond donors (Lipinski definition) is 1. The third kappa shape index (κ3) is 22.7. The highest BCUT2D eigenvalue weighted by Gasteiger charge is 2.54. The van der Waals surface area contributed by atoms with E-state index in [1.807, 2.05) is 6.92 Å². The molecule has 0 aliphatic carbocycles. The summed E-state index contributed by atoms with van der Waals surface area (Å²) < 4.78 is 52.8. The fraction of sp³-hybridized carbons (Fsp3) is 1.00. The van der Waals surface area contributed by atoms with Crippen LogP contribution in [0.3, 0.4) is 0 Å². The Morgan fingerprint density at radius 3 is 1.19 bits per heavy atom. The molecule has 6 aliphatic heterocycles. The zero-order valence-corrected chi connectivity index (χ0v) is 59.2. The van der Waals surface area contributed by atoms with Crippen molar-refractivity contribution in [1.82, 2.24) is 29.8 Å². The Hall–Kier alpha value is 0.780. The van der Waals surface area contributed by atoms with Crippen LogP contribution in [-0.4, -0.2) is 155 Å². The number of nitrogens with one attached hydrogen (secondary N) is 1. The van der Waals surface area contributed by atoms with Gasteiger partial charge in [0.2, 0.25) is 0 Å². The van der Waals surface area contributed by atoms with Crippen LogP contribution in [0.5, 0.6) is 0 Å². The molecule has 20 heteroatoms. The first-order valence-corrected chi connectivity index (χ1v) is 35.8. The number of unbranched alkanes of at least 4 members (excludes halogenated alkanes) is 3. The Balaban J connectivity index is 0.000000296. The van der Waals surface area contributed by atoms with Crippen LogP contribution in [0.15, 0.2) is 0 Å². The van der Waals surface area contributed by atoms with Crippen molar-refractivity contribution < 1.29 is 46.2 Å². The number of nitrogens with zero attached hydrogens (tertiary/aromatic N) is 5. The van der Waals surface area contributed by atoms with Crippen LogP contribution in [-0.2, 0) is 46.2 Å². The third-order valence-electron chi connectivity index (χ3n) is 15.8. The lowest BCUT2D eigenvalue weighted by molar-refractivity contribution is -0.284. The molecule has 6 aliphatic rings. The topological polar surface area (TPSA) is 128 Å². The third-order valence-corrected chi connectivity index (χ3v) is 20.8. The summed E-state index contributed by atoms with van der Waals surface area (Å²) in [5.74, 6) is 0. The Kier molecular flexibility index (Phi) is 29.8. The van der Waals surface area contributed by atoms with Crippen molar-refractivity contribution in [3.8, 4) is 0 Å². The van der Waals surface area contributed by atoms with E-state index in [0.29, 0.717) is 51.7 Å². The summed E-state index contributed by atoms with van der Waals surface area (Å²) in [4.78, 5) is 17.9. The Morgan fingerprint density at radius 2 is 0.825 bits per heavy atom. The quantitative estimate of drug-likeness (QED) is 0.0916. The van der Waals surface area contributed by atoms with Crippen molar-refractivity contribution in [2.75, 3.05) is 79.1 Å². The summed E-state index contributed by atoms with van der Waals surface area (Å²) in [6.07, 6.45) is 13.1. The van der Waals surface area contributed by atoms with Crippen molar-refractivity contribution >= 4 is 35.2 Å². The number of hydrogen-bond acceptors (Lipinski definition) is 15. The molecule has 476 valence electrons. The van der Waals surface area contributed by atoms with Crippen LogP contribution in [0.4, 0.5) is 0 Å². The molecule has 0 amide bonds. The van der Waals surface area contributed by atoms with E-state index >= 15 is 0 Å². The fourth-order valence-electron chi connectivity index (χ4n) is 12.7. The lowest BCUT2D eigenvalue weighted by Gasteiger charge is -2.56. The van der Waals surface area contributed by atoms with E-state index in [0.717, 1.165) is 90.8 Å². The van der Waals surface area contributed by atoms with E-state index < -0.39 is 24.0 Å². The van der Waals surface area contributed by atoms with E-state index in [1.165, 1.54) is 25.7 Å². The largest absolute Gasteiger partial charge is 0.408 e. The SMILES string of the molecule is CC1(C)COP(Cl)OC1.CCCCN(C1CC(C)(C)N(OCC)C(C)(C)C1)P1(=O)OCC(C)(C)CO1.CCCCN(C1CC(C)(C)N(OCC)C(C)(C)C1)P1OCC(C)(C)CO1.CCCCNC1CC(C)(C)N(OCC)C(C)(C)C1. The van der Waals surface area contributed by atoms with Crippen LogP contribution >= 0.6 is 35.2 Å². The lowest BCUT2D eigenvalue weighted by atomic mass is 9.79. The van der Waals surface area contributed by atoms with Gasteiger partial charge in [0.15, 0.2) is 0 Å². The number of rotatable bonds is 20. The van der Waals surface area contributed by atoms with Crippen molar-refractivity contribution in [2.45, 2.75) is 295 Å². The zero-order chi connectivity index (χ0) is 60.8. The van der Waals surface area contributed by atoms with Crippen molar-refractivity contribution in [2.24, 2.45) is 16.2 Å². The number of halogens is 1. The van der Waals surface area contributed by atoms with Crippen LogP contribution < -0.4 is 5.32 Å².